The number of nitrogens with two attached hydrogens (primary N) is 1. The first-order valence-electron chi connectivity index (χ1n) is 7.91. The number of non-ortho nitro benzene ring substituents is 1. The van der Waals surface area contributed by atoms with Gasteiger partial charge in [0.25, 0.3) is 5.69 Å². The summed E-state index contributed by atoms with van der Waals surface area (Å²) in [5, 5.41) is 10.5. The number of hydrogen-bond donors (Lipinski definition) is 1. The van der Waals surface area contributed by atoms with Crippen LogP contribution in [0.15, 0.2) is 34.2 Å². The van der Waals surface area contributed by atoms with Gasteiger partial charge in [0, 0.05) is 24.3 Å². The van der Waals surface area contributed by atoms with Crippen molar-refractivity contribution < 1.29 is 24.0 Å². The standard InChI is InChI=1S/C16H15N3O6S2/c17-11(20)5-6-26-16-14(18-12(21)7-13(18)27-16)15(22)25-8-9-1-3-10(4-2-9)19(23)24/h1-4,13H,5-8H2,(H2,17,20)/t13-/m0/s1. The summed E-state index contributed by atoms with van der Waals surface area (Å²) in [6, 6.07) is 5.66. The Morgan fingerprint density at radius 1 is 1.37 bits per heavy atom. The van der Waals surface area contributed by atoms with Crippen LogP contribution < -0.4 is 5.73 Å². The fraction of sp³-hybridized carbons (Fsp3) is 0.312. The van der Waals surface area contributed by atoms with Crippen LogP contribution in [0.4, 0.5) is 5.69 Å². The first-order chi connectivity index (χ1) is 12.9. The normalized spacial score (nSPS) is 18.1. The van der Waals surface area contributed by atoms with E-state index in [9.17, 15) is 24.5 Å². The molecule has 0 saturated carbocycles. The first kappa shape index (κ1) is 19.2. The molecular weight excluding hydrogens is 394 g/mol. The molecule has 0 spiro atoms. The molecular formula is C16H15N3O6S2. The summed E-state index contributed by atoms with van der Waals surface area (Å²) >= 11 is 2.70. The molecule has 9 nitrogen and oxygen atoms in total. The van der Waals surface area contributed by atoms with Crippen molar-refractivity contribution in [2.75, 3.05) is 5.75 Å². The van der Waals surface area contributed by atoms with Gasteiger partial charge in [0.1, 0.15) is 6.61 Å². The number of carbonyl (C=O) groups excluding carboxylic acids is 3. The lowest BCUT2D eigenvalue weighted by Crippen LogP contribution is -2.48. The smallest absolute Gasteiger partial charge is 0.357 e. The molecule has 2 aliphatic rings. The fourth-order valence-electron chi connectivity index (χ4n) is 2.49. The molecule has 0 radical (unpaired) electrons. The Morgan fingerprint density at radius 2 is 2.07 bits per heavy atom. The van der Waals surface area contributed by atoms with E-state index in [2.05, 4.69) is 0 Å². The summed E-state index contributed by atoms with van der Waals surface area (Å²) in [5.41, 5.74) is 5.86. The van der Waals surface area contributed by atoms with Crippen molar-refractivity contribution >= 4 is 47.0 Å². The van der Waals surface area contributed by atoms with Crippen molar-refractivity contribution in [3.05, 3.63) is 49.9 Å². The van der Waals surface area contributed by atoms with E-state index in [1.807, 2.05) is 0 Å². The monoisotopic (exact) mass is 409 g/mol. The fourth-order valence-corrected chi connectivity index (χ4v) is 5.24. The van der Waals surface area contributed by atoms with E-state index in [-0.39, 0.29) is 35.7 Å². The number of amides is 2. The summed E-state index contributed by atoms with van der Waals surface area (Å²) in [4.78, 5) is 46.8. The van der Waals surface area contributed by atoms with Crippen molar-refractivity contribution in [3.63, 3.8) is 0 Å². The Balaban J connectivity index is 1.66. The molecule has 0 unspecified atom stereocenters. The molecule has 1 saturated heterocycles. The van der Waals surface area contributed by atoms with Gasteiger partial charge in [0.15, 0.2) is 5.70 Å². The molecule has 0 bridgehead atoms. The summed E-state index contributed by atoms with van der Waals surface area (Å²) in [6.07, 6.45) is 0.516. The highest BCUT2D eigenvalue weighted by atomic mass is 32.2. The van der Waals surface area contributed by atoms with Crippen molar-refractivity contribution in [2.45, 2.75) is 24.8 Å². The second kappa shape index (κ2) is 8.01. The number of carbonyl (C=O) groups is 3. The maximum Gasteiger partial charge on any atom is 0.357 e. The van der Waals surface area contributed by atoms with Gasteiger partial charge in [-0.25, -0.2) is 4.79 Å². The van der Waals surface area contributed by atoms with Gasteiger partial charge in [-0.1, -0.05) is 11.8 Å². The zero-order valence-corrected chi connectivity index (χ0v) is 15.6. The third-order valence-corrected chi connectivity index (χ3v) is 6.44. The number of β-lactam (4-membered cyclic amide) rings is 1. The minimum absolute atomic E-state index is 0.0536. The van der Waals surface area contributed by atoms with E-state index >= 15 is 0 Å². The van der Waals surface area contributed by atoms with E-state index in [1.165, 1.54) is 52.7 Å². The molecule has 11 heteroatoms. The zero-order valence-electron chi connectivity index (χ0n) is 14.0. The van der Waals surface area contributed by atoms with E-state index in [1.54, 1.807) is 0 Å². The molecule has 2 N–H and O–H groups in total. The third kappa shape index (κ3) is 4.25. The third-order valence-electron chi connectivity index (χ3n) is 3.88. The molecule has 1 aromatic rings. The summed E-state index contributed by atoms with van der Waals surface area (Å²) < 4.78 is 5.93. The highest BCUT2D eigenvalue weighted by molar-refractivity contribution is 8.22. The molecule has 0 aliphatic carbocycles. The Morgan fingerprint density at radius 3 is 2.67 bits per heavy atom. The number of nitro benzene ring substituents is 1. The van der Waals surface area contributed by atoms with Crippen LogP contribution in [0.3, 0.4) is 0 Å². The molecule has 0 aromatic heterocycles. The lowest BCUT2D eigenvalue weighted by atomic mass is 10.2. The largest absolute Gasteiger partial charge is 0.456 e. The van der Waals surface area contributed by atoms with Gasteiger partial charge < -0.3 is 10.5 Å². The minimum Gasteiger partial charge on any atom is -0.456 e. The van der Waals surface area contributed by atoms with Crippen molar-refractivity contribution in [1.82, 2.24) is 4.90 Å². The Bertz CT molecular complexity index is 839. The van der Waals surface area contributed by atoms with E-state index in [0.29, 0.717) is 22.0 Å². The van der Waals surface area contributed by atoms with Crippen molar-refractivity contribution in [3.8, 4) is 0 Å². The molecule has 1 aromatic carbocycles. The van der Waals surface area contributed by atoms with Gasteiger partial charge in [-0.15, -0.1) is 11.8 Å². The van der Waals surface area contributed by atoms with E-state index in [4.69, 9.17) is 10.5 Å². The molecule has 2 amide bonds. The van der Waals surface area contributed by atoms with E-state index in [0.717, 1.165) is 0 Å². The van der Waals surface area contributed by atoms with Crippen molar-refractivity contribution in [2.24, 2.45) is 5.73 Å². The lowest BCUT2D eigenvalue weighted by molar-refractivity contribution is -0.384. The van der Waals surface area contributed by atoms with Gasteiger partial charge in [0.05, 0.1) is 21.0 Å². The molecule has 27 heavy (non-hydrogen) atoms. The molecule has 2 heterocycles. The average molecular weight is 409 g/mol. The number of esters is 1. The highest BCUT2D eigenvalue weighted by Crippen LogP contribution is 2.50. The number of nitrogens with zero attached hydrogens (tertiary/aromatic N) is 2. The summed E-state index contributed by atoms with van der Waals surface area (Å²) in [7, 11) is 0. The summed E-state index contributed by atoms with van der Waals surface area (Å²) in [6.45, 7) is -0.0725. The van der Waals surface area contributed by atoms with E-state index < -0.39 is 16.8 Å². The van der Waals surface area contributed by atoms with Crippen molar-refractivity contribution in [1.29, 1.82) is 0 Å². The van der Waals surface area contributed by atoms with Crippen LogP contribution in [0.5, 0.6) is 0 Å². The van der Waals surface area contributed by atoms with Gasteiger partial charge in [-0.05, 0) is 17.7 Å². The molecule has 3 rings (SSSR count). The number of primary amides is 1. The summed E-state index contributed by atoms with van der Waals surface area (Å²) in [5.74, 6) is -0.822. The Kier molecular flexibility index (Phi) is 5.71. The molecule has 142 valence electrons. The number of benzene rings is 1. The minimum atomic E-state index is -0.641. The van der Waals surface area contributed by atoms with Gasteiger partial charge in [0.2, 0.25) is 11.8 Å². The number of rotatable bonds is 8. The first-order valence-corrected chi connectivity index (χ1v) is 9.78. The second-order valence-corrected chi connectivity index (χ2v) is 8.29. The molecule has 1 atom stereocenters. The number of thioether (sulfide) groups is 2. The number of nitro groups is 1. The van der Waals surface area contributed by atoms with Crippen LogP contribution in [-0.4, -0.2) is 38.7 Å². The maximum atomic E-state index is 12.5. The van der Waals surface area contributed by atoms with Crippen LogP contribution in [0.25, 0.3) is 0 Å². The zero-order chi connectivity index (χ0) is 19.6. The topological polar surface area (TPSA) is 133 Å². The maximum absolute atomic E-state index is 12.5. The van der Waals surface area contributed by atoms with Crippen LogP contribution >= 0.6 is 23.5 Å². The second-order valence-electron chi connectivity index (χ2n) is 5.74. The van der Waals surface area contributed by atoms with Crippen LogP contribution in [0.2, 0.25) is 0 Å². The lowest BCUT2D eigenvalue weighted by Gasteiger charge is -2.34. The van der Waals surface area contributed by atoms with Crippen LogP contribution in [0, 0.1) is 10.1 Å². The predicted octanol–water partition coefficient (Wildman–Crippen LogP) is 1.72. The number of fused-ring (bicyclic) bond motifs is 1. The highest BCUT2D eigenvalue weighted by Gasteiger charge is 2.49. The Labute approximate surface area is 162 Å². The quantitative estimate of drug-likeness (QED) is 0.297. The van der Waals surface area contributed by atoms with Gasteiger partial charge in [-0.3, -0.25) is 24.6 Å². The number of ether oxygens (including phenoxy) is 1. The molecule has 1 fully saturated rings. The van der Waals surface area contributed by atoms with Gasteiger partial charge in [-0.2, -0.15) is 0 Å². The average Bonchev–Trinajstić information content (AvgIpc) is 2.92. The number of hydrogen-bond acceptors (Lipinski definition) is 8. The molecule has 2 aliphatic heterocycles. The van der Waals surface area contributed by atoms with Crippen LogP contribution in [-0.2, 0) is 25.7 Å². The predicted molar refractivity (Wildman–Crippen MR) is 99.0 cm³/mol. The van der Waals surface area contributed by atoms with Crippen LogP contribution in [0.1, 0.15) is 18.4 Å². The Hall–Kier alpha value is -2.53. The SMILES string of the molecule is NC(=O)CCSC1=C(C(=O)OCc2ccc([N+](=O)[O-])cc2)N2C(=O)C[C@@H]2S1. The van der Waals surface area contributed by atoms with Gasteiger partial charge >= 0.3 is 5.97 Å².